The molecule has 0 bridgehead atoms. The number of halogens is 1. The Balaban J connectivity index is 1.57. The van der Waals surface area contributed by atoms with E-state index < -0.39 is 0 Å². The number of aromatic nitrogens is 5. The summed E-state index contributed by atoms with van der Waals surface area (Å²) in [6.45, 7) is 0.601. The van der Waals surface area contributed by atoms with Gasteiger partial charge in [0.15, 0.2) is 5.82 Å². The minimum atomic E-state index is -0.328. The molecule has 0 aliphatic carbocycles. The van der Waals surface area contributed by atoms with Crippen LogP contribution in [0.2, 0.25) is 0 Å². The first-order valence-corrected chi connectivity index (χ1v) is 10.9. The van der Waals surface area contributed by atoms with Crippen molar-refractivity contribution >= 4 is 22.6 Å². The predicted octanol–water partition coefficient (Wildman–Crippen LogP) is 4.28. The molecule has 0 fully saturated rings. The third kappa shape index (κ3) is 4.49. The Hall–Kier alpha value is -4.50. The Labute approximate surface area is 201 Å². The summed E-state index contributed by atoms with van der Waals surface area (Å²) < 4.78 is 14.4. The van der Waals surface area contributed by atoms with Gasteiger partial charge in [-0.25, -0.2) is 14.4 Å². The molecule has 0 unspecified atom stereocenters. The average molecular weight is 467 g/mol. The Morgan fingerprint density at radius 2 is 1.89 bits per heavy atom. The lowest BCUT2D eigenvalue weighted by molar-refractivity contribution is 0.401. The predicted molar refractivity (Wildman–Crippen MR) is 134 cm³/mol. The van der Waals surface area contributed by atoms with E-state index in [0.717, 1.165) is 16.7 Å². The molecule has 0 saturated heterocycles. The van der Waals surface area contributed by atoms with Crippen molar-refractivity contribution in [3.05, 3.63) is 90.2 Å². The highest BCUT2D eigenvalue weighted by Gasteiger charge is 2.18. The highest BCUT2D eigenvalue weighted by atomic mass is 19.1. The summed E-state index contributed by atoms with van der Waals surface area (Å²) in [7, 11) is 3.87. The molecule has 5 rings (SSSR count). The van der Waals surface area contributed by atoms with Gasteiger partial charge in [-0.2, -0.15) is 0 Å². The summed E-state index contributed by atoms with van der Waals surface area (Å²) in [5.41, 5.74) is 11.7. The molecule has 0 radical (unpaired) electrons. The zero-order chi connectivity index (χ0) is 24.5. The zero-order valence-corrected chi connectivity index (χ0v) is 19.2. The molecule has 1 aromatic carbocycles. The molecule has 35 heavy (non-hydrogen) atoms. The molecule has 4 aromatic heterocycles. The van der Waals surface area contributed by atoms with E-state index in [1.54, 1.807) is 37.1 Å². The van der Waals surface area contributed by atoms with Gasteiger partial charge in [-0.15, -0.1) is 0 Å². The molecule has 9 heteroatoms. The number of nitrogens with two attached hydrogens (primary N) is 1. The largest absolute Gasteiger partial charge is 0.383 e. The van der Waals surface area contributed by atoms with Crippen molar-refractivity contribution in [2.75, 3.05) is 19.8 Å². The van der Waals surface area contributed by atoms with Crippen LogP contribution in [0.4, 0.5) is 10.2 Å². The minimum absolute atomic E-state index is 0.0930. The lowest BCUT2D eigenvalue weighted by Crippen LogP contribution is -2.10. The Morgan fingerprint density at radius 3 is 2.66 bits per heavy atom. The van der Waals surface area contributed by atoms with Gasteiger partial charge in [0.1, 0.15) is 17.3 Å². The third-order valence-electron chi connectivity index (χ3n) is 5.58. The number of fused-ring (bicyclic) bond motifs is 1. The summed E-state index contributed by atoms with van der Waals surface area (Å²) in [5.74, 6) is 0.210. The van der Waals surface area contributed by atoms with Crippen LogP contribution in [-0.2, 0) is 6.54 Å². The standard InChI is InChI=1S/C26H23FN8/c1-35(2)14-15-6-17(8-19(27)7-15)21-12-31-13-22-24(21)34-26(33-22)23(28)20-9-18(11-32-25(20)29)16-4-3-5-30-10-16/h3-13,28H,14H2,1-2H3,(H2,29,32)(H,33,34). The first-order valence-electron chi connectivity index (χ1n) is 10.9. The van der Waals surface area contributed by atoms with Crippen LogP contribution in [0.1, 0.15) is 17.0 Å². The lowest BCUT2D eigenvalue weighted by Gasteiger charge is -2.11. The van der Waals surface area contributed by atoms with Crippen LogP contribution in [-0.4, -0.2) is 49.6 Å². The molecule has 0 spiro atoms. The first kappa shape index (κ1) is 22.3. The summed E-state index contributed by atoms with van der Waals surface area (Å²) in [6, 6.07) is 10.5. The summed E-state index contributed by atoms with van der Waals surface area (Å²) in [4.78, 5) is 22.5. The highest BCUT2D eigenvalue weighted by molar-refractivity contribution is 6.13. The van der Waals surface area contributed by atoms with Crippen molar-refractivity contribution in [2.24, 2.45) is 0 Å². The normalized spacial score (nSPS) is 11.3. The number of nitrogens with zero attached hydrogens (tertiary/aromatic N) is 5. The van der Waals surface area contributed by atoms with Gasteiger partial charge in [0.05, 0.1) is 17.2 Å². The quantitative estimate of drug-likeness (QED) is 0.321. The summed E-state index contributed by atoms with van der Waals surface area (Å²) in [5, 5.41) is 8.81. The fraction of sp³-hybridized carbons (Fsp3) is 0.115. The van der Waals surface area contributed by atoms with Crippen molar-refractivity contribution in [1.29, 1.82) is 5.41 Å². The number of H-pyrrole nitrogens is 1. The maximum Gasteiger partial charge on any atom is 0.157 e. The molecular formula is C26H23FN8. The van der Waals surface area contributed by atoms with E-state index in [1.807, 2.05) is 37.2 Å². The summed E-state index contributed by atoms with van der Waals surface area (Å²) in [6.07, 6.45) is 8.36. The molecule has 0 aliphatic heterocycles. The number of pyridine rings is 3. The fourth-order valence-corrected chi connectivity index (χ4v) is 4.02. The van der Waals surface area contributed by atoms with Crippen molar-refractivity contribution in [2.45, 2.75) is 6.54 Å². The molecule has 8 nitrogen and oxygen atoms in total. The SMILES string of the molecule is CN(C)Cc1cc(F)cc(-c2cncc3[nH]c(C(=N)c4cc(-c5cccnc5)cnc4N)nc23)c1. The van der Waals surface area contributed by atoms with Gasteiger partial charge in [-0.3, -0.25) is 15.4 Å². The number of benzene rings is 1. The molecule has 4 heterocycles. The van der Waals surface area contributed by atoms with E-state index in [-0.39, 0.29) is 17.3 Å². The van der Waals surface area contributed by atoms with Gasteiger partial charge in [-0.1, -0.05) is 6.07 Å². The number of hydrogen-bond donors (Lipinski definition) is 3. The molecule has 0 atom stereocenters. The Bertz CT molecular complexity index is 1540. The second kappa shape index (κ2) is 9.03. The number of nitrogen functional groups attached to an aromatic ring is 1. The zero-order valence-electron chi connectivity index (χ0n) is 19.2. The van der Waals surface area contributed by atoms with Crippen LogP contribution in [0.15, 0.2) is 67.4 Å². The molecule has 0 saturated carbocycles. The Kier molecular flexibility index (Phi) is 5.76. The number of nitrogens with one attached hydrogen (secondary N) is 2. The average Bonchev–Trinajstić information content (AvgIpc) is 3.28. The number of hydrogen-bond acceptors (Lipinski definition) is 7. The topological polar surface area (TPSA) is 120 Å². The van der Waals surface area contributed by atoms with E-state index >= 15 is 0 Å². The number of imidazole rings is 1. The van der Waals surface area contributed by atoms with Crippen molar-refractivity contribution in [1.82, 2.24) is 29.8 Å². The van der Waals surface area contributed by atoms with E-state index in [9.17, 15) is 4.39 Å². The van der Waals surface area contributed by atoms with Gasteiger partial charge in [0.25, 0.3) is 0 Å². The van der Waals surface area contributed by atoms with E-state index in [2.05, 4.69) is 24.9 Å². The van der Waals surface area contributed by atoms with Gasteiger partial charge in [-0.05, 0) is 55.6 Å². The van der Waals surface area contributed by atoms with Crippen LogP contribution in [0, 0.1) is 11.2 Å². The smallest absolute Gasteiger partial charge is 0.157 e. The number of aromatic amines is 1. The van der Waals surface area contributed by atoms with Gasteiger partial charge in [0, 0.05) is 53.6 Å². The van der Waals surface area contributed by atoms with Crippen LogP contribution in [0.3, 0.4) is 0 Å². The second-order valence-electron chi connectivity index (χ2n) is 8.53. The minimum Gasteiger partial charge on any atom is -0.383 e. The van der Waals surface area contributed by atoms with Crippen molar-refractivity contribution in [3.8, 4) is 22.3 Å². The number of rotatable bonds is 6. The Morgan fingerprint density at radius 1 is 1.03 bits per heavy atom. The van der Waals surface area contributed by atoms with Gasteiger partial charge < -0.3 is 15.6 Å². The van der Waals surface area contributed by atoms with E-state index in [1.165, 1.54) is 12.1 Å². The van der Waals surface area contributed by atoms with Gasteiger partial charge >= 0.3 is 0 Å². The molecule has 5 aromatic rings. The second-order valence-corrected chi connectivity index (χ2v) is 8.53. The van der Waals surface area contributed by atoms with E-state index in [4.69, 9.17) is 11.1 Å². The van der Waals surface area contributed by atoms with Crippen LogP contribution in [0.5, 0.6) is 0 Å². The maximum atomic E-state index is 14.4. The molecule has 0 amide bonds. The van der Waals surface area contributed by atoms with Crippen LogP contribution < -0.4 is 5.73 Å². The van der Waals surface area contributed by atoms with Crippen LogP contribution >= 0.6 is 0 Å². The summed E-state index contributed by atoms with van der Waals surface area (Å²) >= 11 is 0. The van der Waals surface area contributed by atoms with Gasteiger partial charge in [0.2, 0.25) is 0 Å². The van der Waals surface area contributed by atoms with Crippen molar-refractivity contribution in [3.63, 3.8) is 0 Å². The molecule has 174 valence electrons. The molecule has 4 N–H and O–H groups in total. The molecular weight excluding hydrogens is 443 g/mol. The van der Waals surface area contributed by atoms with Crippen LogP contribution in [0.25, 0.3) is 33.3 Å². The maximum absolute atomic E-state index is 14.4. The highest BCUT2D eigenvalue weighted by Crippen LogP contribution is 2.29. The molecule has 0 aliphatic rings. The monoisotopic (exact) mass is 466 g/mol. The first-order chi connectivity index (χ1) is 16.9. The third-order valence-corrected chi connectivity index (χ3v) is 5.58. The number of anilines is 1. The fourth-order valence-electron chi connectivity index (χ4n) is 4.02. The van der Waals surface area contributed by atoms with Crippen molar-refractivity contribution < 1.29 is 4.39 Å². The van der Waals surface area contributed by atoms with E-state index in [0.29, 0.717) is 40.1 Å². The lowest BCUT2D eigenvalue weighted by atomic mass is 10.0.